The summed E-state index contributed by atoms with van der Waals surface area (Å²) in [7, 11) is 0. The lowest BCUT2D eigenvalue weighted by Crippen LogP contribution is -2.15. The number of hydrogen-bond acceptors (Lipinski definition) is 4. The molecule has 5 nitrogen and oxygen atoms in total. The molecule has 1 amide bonds. The first-order chi connectivity index (χ1) is 12.0. The van der Waals surface area contributed by atoms with Gasteiger partial charge in [-0.3, -0.25) is 4.79 Å². The molecule has 3 rings (SSSR count). The Labute approximate surface area is 147 Å². The zero-order valence-corrected chi connectivity index (χ0v) is 14.5. The van der Waals surface area contributed by atoms with Gasteiger partial charge < -0.3 is 10.6 Å². The molecule has 25 heavy (non-hydrogen) atoms. The predicted molar refractivity (Wildman–Crippen MR) is 100 cm³/mol. The third kappa shape index (κ3) is 4.41. The van der Waals surface area contributed by atoms with E-state index in [2.05, 4.69) is 20.6 Å². The van der Waals surface area contributed by atoms with E-state index in [1.807, 2.05) is 62.4 Å². The predicted octanol–water partition coefficient (Wildman–Crippen LogP) is 4.40. The Morgan fingerprint density at radius 3 is 2.16 bits per heavy atom. The van der Waals surface area contributed by atoms with Crippen LogP contribution < -0.4 is 10.6 Å². The van der Waals surface area contributed by atoms with Gasteiger partial charge in [0.2, 0.25) is 0 Å². The van der Waals surface area contributed by atoms with Crippen LogP contribution in [0, 0.1) is 20.8 Å². The third-order valence-corrected chi connectivity index (χ3v) is 3.64. The Balaban J connectivity index is 1.82. The number of benzene rings is 2. The van der Waals surface area contributed by atoms with Gasteiger partial charge in [-0.15, -0.1) is 0 Å². The third-order valence-electron chi connectivity index (χ3n) is 3.64. The summed E-state index contributed by atoms with van der Waals surface area (Å²) >= 11 is 0. The molecule has 2 aromatic carbocycles. The molecule has 0 saturated heterocycles. The van der Waals surface area contributed by atoms with E-state index < -0.39 is 0 Å². The highest BCUT2D eigenvalue weighted by Crippen LogP contribution is 2.17. The Morgan fingerprint density at radius 1 is 0.840 bits per heavy atom. The maximum absolute atomic E-state index is 12.5. The quantitative estimate of drug-likeness (QED) is 0.743. The largest absolute Gasteiger partial charge is 0.340 e. The van der Waals surface area contributed by atoms with E-state index in [1.165, 1.54) is 0 Å². The van der Waals surface area contributed by atoms with Crippen LogP contribution in [0.5, 0.6) is 0 Å². The fourth-order valence-electron chi connectivity index (χ4n) is 2.54. The normalized spacial score (nSPS) is 10.4. The van der Waals surface area contributed by atoms with Gasteiger partial charge in [0.1, 0.15) is 17.3 Å². The molecule has 126 valence electrons. The van der Waals surface area contributed by atoms with E-state index in [-0.39, 0.29) is 5.91 Å². The van der Waals surface area contributed by atoms with Crippen LogP contribution >= 0.6 is 0 Å². The molecule has 1 aromatic heterocycles. The van der Waals surface area contributed by atoms with Crippen molar-refractivity contribution in [1.29, 1.82) is 0 Å². The minimum atomic E-state index is -0.261. The molecular weight excluding hydrogens is 312 g/mol. The maximum atomic E-state index is 12.5. The molecule has 0 spiro atoms. The summed E-state index contributed by atoms with van der Waals surface area (Å²) < 4.78 is 0. The highest BCUT2D eigenvalue weighted by molar-refractivity contribution is 6.03. The summed E-state index contributed by atoms with van der Waals surface area (Å²) in [6, 6.07) is 17.3. The molecule has 2 N–H and O–H groups in total. The molecule has 0 aliphatic heterocycles. The molecule has 3 aromatic rings. The van der Waals surface area contributed by atoms with E-state index in [1.54, 1.807) is 13.0 Å². The molecule has 0 radical (unpaired) electrons. The summed E-state index contributed by atoms with van der Waals surface area (Å²) in [5.74, 6) is 0.864. The van der Waals surface area contributed by atoms with E-state index in [0.717, 1.165) is 22.5 Å². The molecule has 1 heterocycles. The number of anilines is 3. The number of aromatic nitrogens is 2. The molecular formula is C20H20N4O. The molecule has 5 heteroatoms. The van der Waals surface area contributed by atoms with Crippen molar-refractivity contribution in [2.45, 2.75) is 20.8 Å². The first kappa shape index (κ1) is 16.6. The number of nitrogens with one attached hydrogen (secondary N) is 2. The Kier molecular flexibility index (Phi) is 4.75. The minimum Gasteiger partial charge on any atom is -0.340 e. The zero-order valence-electron chi connectivity index (χ0n) is 14.5. The van der Waals surface area contributed by atoms with Crippen LogP contribution in [0.25, 0.3) is 0 Å². The second-order valence-corrected chi connectivity index (χ2v) is 6.00. The van der Waals surface area contributed by atoms with Gasteiger partial charge in [0.05, 0.1) is 0 Å². The van der Waals surface area contributed by atoms with Gasteiger partial charge in [0.15, 0.2) is 0 Å². The van der Waals surface area contributed by atoms with Crippen molar-refractivity contribution < 1.29 is 4.79 Å². The first-order valence-corrected chi connectivity index (χ1v) is 8.07. The zero-order chi connectivity index (χ0) is 17.8. The Morgan fingerprint density at radius 2 is 1.48 bits per heavy atom. The van der Waals surface area contributed by atoms with Crippen LogP contribution in [0.2, 0.25) is 0 Å². The maximum Gasteiger partial charge on any atom is 0.274 e. The number of aryl methyl sites for hydroxylation is 3. The number of carbonyl (C=O) groups is 1. The van der Waals surface area contributed by atoms with E-state index in [9.17, 15) is 4.79 Å². The van der Waals surface area contributed by atoms with Crippen molar-refractivity contribution in [2.24, 2.45) is 0 Å². The fraction of sp³-hybridized carbons (Fsp3) is 0.150. The Bertz CT molecular complexity index is 921. The first-order valence-electron chi connectivity index (χ1n) is 8.07. The molecule has 0 aliphatic rings. The molecule has 0 unspecified atom stereocenters. The van der Waals surface area contributed by atoms with Gasteiger partial charge in [-0.1, -0.05) is 24.3 Å². The van der Waals surface area contributed by atoms with Crippen molar-refractivity contribution in [3.05, 3.63) is 77.2 Å². The van der Waals surface area contributed by atoms with Gasteiger partial charge >= 0.3 is 0 Å². The van der Waals surface area contributed by atoms with Crippen molar-refractivity contribution in [1.82, 2.24) is 9.97 Å². The van der Waals surface area contributed by atoms with Gasteiger partial charge in [-0.2, -0.15) is 0 Å². The molecule has 0 atom stereocenters. The summed E-state index contributed by atoms with van der Waals surface area (Å²) in [4.78, 5) is 21.1. The second-order valence-electron chi connectivity index (χ2n) is 6.00. The lowest BCUT2D eigenvalue weighted by molar-refractivity contribution is 0.102. The van der Waals surface area contributed by atoms with Crippen LogP contribution in [0.15, 0.2) is 54.6 Å². The van der Waals surface area contributed by atoms with E-state index in [4.69, 9.17) is 0 Å². The van der Waals surface area contributed by atoms with Crippen LogP contribution in [0.3, 0.4) is 0 Å². The summed E-state index contributed by atoms with van der Waals surface area (Å²) in [6.07, 6.45) is 0. The molecule has 0 bridgehead atoms. The SMILES string of the molecule is Cc1cccc(NC(=O)c2cc(Nc3cccc(C)c3)nc(C)n2)c1. The number of carbonyl (C=O) groups excluding carboxylic acids is 1. The van der Waals surface area contributed by atoms with E-state index in [0.29, 0.717) is 17.3 Å². The summed E-state index contributed by atoms with van der Waals surface area (Å²) in [6.45, 7) is 5.77. The second kappa shape index (κ2) is 7.13. The standard InChI is InChI=1S/C20H20N4O/c1-13-6-4-8-16(10-13)23-19-12-18(21-15(3)22-19)20(25)24-17-9-5-7-14(2)11-17/h4-12H,1-3H3,(H,24,25)(H,21,22,23). The number of hydrogen-bond donors (Lipinski definition) is 2. The monoisotopic (exact) mass is 332 g/mol. The molecule has 0 saturated carbocycles. The molecule has 0 aliphatic carbocycles. The van der Waals surface area contributed by atoms with Crippen LogP contribution in [-0.4, -0.2) is 15.9 Å². The van der Waals surface area contributed by atoms with Crippen LogP contribution in [0.1, 0.15) is 27.4 Å². The number of amides is 1. The van der Waals surface area contributed by atoms with Crippen LogP contribution in [-0.2, 0) is 0 Å². The fourth-order valence-corrected chi connectivity index (χ4v) is 2.54. The van der Waals surface area contributed by atoms with Crippen molar-refractivity contribution in [3.8, 4) is 0 Å². The van der Waals surface area contributed by atoms with Crippen molar-refractivity contribution in [3.63, 3.8) is 0 Å². The van der Waals surface area contributed by atoms with E-state index >= 15 is 0 Å². The topological polar surface area (TPSA) is 66.9 Å². The van der Waals surface area contributed by atoms with Gasteiger partial charge in [-0.25, -0.2) is 9.97 Å². The summed E-state index contributed by atoms with van der Waals surface area (Å²) in [5.41, 5.74) is 4.22. The summed E-state index contributed by atoms with van der Waals surface area (Å²) in [5, 5.41) is 6.09. The van der Waals surface area contributed by atoms with Gasteiger partial charge in [0.25, 0.3) is 5.91 Å². The molecule has 0 fully saturated rings. The minimum absolute atomic E-state index is 0.261. The lowest BCUT2D eigenvalue weighted by atomic mass is 10.2. The average Bonchev–Trinajstić information content (AvgIpc) is 2.54. The number of nitrogens with zero attached hydrogens (tertiary/aromatic N) is 2. The highest BCUT2D eigenvalue weighted by atomic mass is 16.1. The van der Waals surface area contributed by atoms with Crippen LogP contribution in [0.4, 0.5) is 17.2 Å². The van der Waals surface area contributed by atoms with Gasteiger partial charge in [0, 0.05) is 17.4 Å². The smallest absolute Gasteiger partial charge is 0.274 e. The average molecular weight is 332 g/mol. The lowest BCUT2D eigenvalue weighted by Gasteiger charge is -2.10. The van der Waals surface area contributed by atoms with Crippen molar-refractivity contribution >= 4 is 23.1 Å². The Hall–Kier alpha value is -3.21. The number of rotatable bonds is 4. The van der Waals surface area contributed by atoms with Gasteiger partial charge in [-0.05, 0) is 56.2 Å². The van der Waals surface area contributed by atoms with Crippen molar-refractivity contribution in [2.75, 3.05) is 10.6 Å². The highest BCUT2D eigenvalue weighted by Gasteiger charge is 2.11.